The SMILES string of the molecule is CCc1nn(Cc2cccc(F)c2)c(CC)c1CC(C)N. The third kappa shape index (κ3) is 3.70. The largest absolute Gasteiger partial charge is 0.328 e. The van der Waals surface area contributed by atoms with E-state index in [-0.39, 0.29) is 11.9 Å². The number of halogens is 1. The molecule has 0 saturated carbocycles. The van der Waals surface area contributed by atoms with Gasteiger partial charge in [0, 0.05) is 11.7 Å². The summed E-state index contributed by atoms with van der Waals surface area (Å²) in [4.78, 5) is 0. The highest BCUT2D eigenvalue weighted by Gasteiger charge is 2.16. The highest BCUT2D eigenvalue weighted by atomic mass is 19.1. The molecule has 2 aromatic rings. The number of rotatable bonds is 6. The molecule has 2 rings (SSSR count). The van der Waals surface area contributed by atoms with Crippen LogP contribution in [-0.4, -0.2) is 15.8 Å². The van der Waals surface area contributed by atoms with Gasteiger partial charge in [-0.25, -0.2) is 4.39 Å². The molecule has 2 N–H and O–H groups in total. The van der Waals surface area contributed by atoms with Crippen molar-refractivity contribution in [3.63, 3.8) is 0 Å². The lowest BCUT2D eigenvalue weighted by molar-refractivity contribution is 0.610. The van der Waals surface area contributed by atoms with E-state index in [1.54, 1.807) is 12.1 Å². The lowest BCUT2D eigenvalue weighted by Crippen LogP contribution is -2.19. The second-order valence-electron chi connectivity index (χ2n) is 5.55. The predicted molar refractivity (Wildman–Crippen MR) is 83.8 cm³/mol. The minimum absolute atomic E-state index is 0.118. The fourth-order valence-corrected chi connectivity index (χ4v) is 2.77. The lowest BCUT2D eigenvalue weighted by atomic mass is 10.0. The van der Waals surface area contributed by atoms with E-state index < -0.39 is 0 Å². The molecule has 1 aromatic carbocycles. The summed E-state index contributed by atoms with van der Waals surface area (Å²) in [6, 6.07) is 6.82. The van der Waals surface area contributed by atoms with E-state index in [1.165, 1.54) is 17.3 Å². The van der Waals surface area contributed by atoms with Crippen LogP contribution in [-0.2, 0) is 25.8 Å². The second kappa shape index (κ2) is 6.85. The Hall–Kier alpha value is -1.68. The Morgan fingerprint density at radius 1 is 1.29 bits per heavy atom. The maximum absolute atomic E-state index is 13.3. The van der Waals surface area contributed by atoms with Gasteiger partial charge in [0.15, 0.2) is 0 Å². The molecule has 1 unspecified atom stereocenters. The molecular weight excluding hydrogens is 265 g/mol. The van der Waals surface area contributed by atoms with Gasteiger partial charge in [-0.2, -0.15) is 5.10 Å². The maximum Gasteiger partial charge on any atom is 0.123 e. The fraction of sp³-hybridized carbons (Fsp3) is 0.471. The van der Waals surface area contributed by atoms with Crippen LogP contribution in [0.1, 0.15) is 43.3 Å². The quantitative estimate of drug-likeness (QED) is 0.888. The van der Waals surface area contributed by atoms with Crippen LogP contribution in [0.15, 0.2) is 24.3 Å². The van der Waals surface area contributed by atoms with Gasteiger partial charge < -0.3 is 5.73 Å². The molecule has 114 valence electrons. The van der Waals surface area contributed by atoms with E-state index in [0.717, 1.165) is 30.5 Å². The molecular formula is C17H24FN3. The minimum Gasteiger partial charge on any atom is -0.328 e. The first-order valence-electron chi connectivity index (χ1n) is 7.62. The summed E-state index contributed by atoms with van der Waals surface area (Å²) < 4.78 is 15.3. The summed E-state index contributed by atoms with van der Waals surface area (Å²) in [5.74, 6) is -0.204. The van der Waals surface area contributed by atoms with Crippen LogP contribution in [0.4, 0.5) is 4.39 Å². The smallest absolute Gasteiger partial charge is 0.123 e. The van der Waals surface area contributed by atoms with Crippen molar-refractivity contribution in [2.75, 3.05) is 0 Å². The van der Waals surface area contributed by atoms with Crippen molar-refractivity contribution in [2.45, 2.75) is 52.6 Å². The van der Waals surface area contributed by atoms with Crippen LogP contribution < -0.4 is 5.73 Å². The van der Waals surface area contributed by atoms with Crippen molar-refractivity contribution in [3.8, 4) is 0 Å². The molecule has 0 amide bonds. The molecule has 0 bridgehead atoms. The highest BCUT2D eigenvalue weighted by Crippen LogP contribution is 2.19. The van der Waals surface area contributed by atoms with Crippen molar-refractivity contribution in [2.24, 2.45) is 5.73 Å². The van der Waals surface area contributed by atoms with Crippen LogP contribution in [0, 0.1) is 5.82 Å². The zero-order valence-electron chi connectivity index (χ0n) is 13.1. The minimum atomic E-state index is -0.204. The first-order chi connectivity index (χ1) is 10.0. The van der Waals surface area contributed by atoms with Crippen molar-refractivity contribution < 1.29 is 4.39 Å². The zero-order valence-corrected chi connectivity index (χ0v) is 13.1. The summed E-state index contributed by atoms with van der Waals surface area (Å²) in [5, 5.41) is 4.72. The third-order valence-electron chi connectivity index (χ3n) is 3.67. The number of hydrogen-bond donors (Lipinski definition) is 1. The van der Waals surface area contributed by atoms with Gasteiger partial charge in [0.25, 0.3) is 0 Å². The van der Waals surface area contributed by atoms with Gasteiger partial charge >= 0.3 is 0 Å². The Bertz CT molecular complexity index is 602. The fourth-order valence-electron chi connectivity index (χ4n) is 2.77. The summed E-state index contributed by atoms with van der Waals surface area (Å²) >= 11 is 0. The van der Waals surface area contributed by atoms with E-state index in [9.17, 15) is 4.39 Å². The Kier molecular flexibility index (Phi) is 5.12. The van der Waals surface area contributed by atoms with Gasteiger partial charge in [-0.1, -0.05) is 26.0 Å². The van der Waals surface area contributed by atoms with Gasteiger partial charge in [0.2, 0.25) is 0 Å². The standard InChI is InChI=1S/C17H24FN3/c1-4-16-15(9-12(3)19)17(5-2)21(20-16)11-13-7-6-8-14(18)10-13/h6-8,10,12H,4-5,9,11,19H2,1-3H3. The highest BCUT2D eigenvalue weighted by molar-refractivity contribution is 5.29. The average Bonchev–Trinajstić information content (AvgIpc) is 2.75. The molecule has 4 heteroatoms. The first-order valence-corrected chi connectivity index (χ1v) is 7.62. The number of nitrogens with two attached hydrogens (primary N) is 1. The van der Waals surface area contributed by atoms with Gasteiger partial charge in [0.1, 0.15) is 5.82 Å². The van der Waals surface area contributed by atoms with Crippen molar-refractivity contribution in [3.05, 3.63) is 52.6 Å². The molecule has 0 aliphatic rings. The zero-order chi connectivity index (χ0) is 15.4. The van der Waals surface area contributed by atoms with Crippen LogP contribution in [0.5, 0.6) is 0 Å². The molecule has 1 aromatic heterocycles. The Morgan fingerprint density at radius 2 is 2.05 bits per heavy atom. The number of hydrogen-bond acceptors (Lipinski definition) is 2. The van der Waals surface area contributed by atoms with Crippen molar-refractivity contribution in [1.82, 2.24) is 9.78 Å². The average molecular weight is 289 g/mol. The van der Waals surface area contributed by atoms with E-state index in [0.29, 0.717) is 6.54 Å². The van der Waals surface area contributed by atoms with Crippen LogP contribution in [0.3, 0.4) is 0 Å². The second-order valence-corrected chi connectivity index (χ2v) is 5.55. The topological polar surface area (TPSA) is 43.8 Å². The molecule has 1 atom stereocenters. The van der Waals surface area contributed by atoms with Crippen LogP contribution in [0.2, 0.25) is 0 Å². The summed E-state index contributed by atoms with van der Waals surface area (Å²) in [6.45, 7) is 6.86. The number of aryl methyl sites for hydroxylation is 1. The molecule has 0 aliphatic heterocycles. The summed E-state index contributed by atoms with van der Waals surface area (Å²) in [7, 11) is 0. The Balaban J connectivity index is 2.37. The summed E-state index contributed by atoms with van der Waals surface area (Å²) in [5.41, 5.74) is 10.5. The number of benzene rings is 1. The van der Waals surface area contributed by atoms with E-state index in [2.05, 4.69) is 13.8 Å². The van der Waals surface area contributed by atoms with Crippen molar-refractivity contribution in [1.29, 1.82) is 0 Å². The molecule has 0 radical (unpaired) electrons. The van der Waals surface area contributed by atoms with Gasteiger partial charge in [0.05, 0.1) is 12.2 Å². The maximum atomic E-state index is 13.3. The normalized spacial score (nSPS) is 12.6. The molecule has 0 saturated heterocycles. The Morgan fingerprint density at radius 3 is 2.62 bits per heavy atom. The monoisotopic (exact) mass is 289 g/mol. The van der Waals surface area contributed by atoms with Gasteiger partial charge in [-0.3, -0.25) is 4.68 Å². The first kappa shape index (κ1) is 15.7. The molecule has 21 heavy (non-hydrogen) atoms. The van der Waals surface area contributed by atoms with E-state index in [4.69, 9.17) is 10.8 Å². The molecule has 3 nitrogen and oxygen atoms in total. The lowest BCUT2D eigenvalue weighted by Gasteiger charge is -2.10. The van der Waals surface area contributed by atoms with E-state index in [1.807, 2.05) is 17.7 Å². The third-order valence-corrected chi connectivity index (χ3v) is 3.67. The number of nitrogens with zero attached hydrogens (tertiary/aromatic N) is 2. The molecule has 1 heterocycles. The number of aromatic nitrogens is 2. The summed E-state index contributed by atoms with van der Waals surface area (Å²) in [6.07, 6.45) is 2.64. The van der Waals surface area contributed by atoms with Crippen LogP contribution in [0.25, 0.3) is 0 Å². The molecule has 0 spiro atoms. The van der Waals surface area contributed by atoms with E-state index >= 15 is 0 Å². The van der Waals surface area contributed by atoms with Gasteiger partial charge in [-0.05, 0) is 49.4 Å². The van der Waals surface area contributed by atoms with Crippen molar-refractivity contribution >= 4 is 0 Å². The Labute approximate surface area is 126 Å². The predicted octanol–water partition coefficient (Wildman–Crippen LogP) is 3.09. The molecule has 0 aliphatic carbocycles. The molecule has 0 fully saturated rings. The van der Waals surface area contributed by atoms with Crippen LogP contribution >= 0.6 is 0 Å². The van der Waals surface area contributed by atoms with Gasteiger partial charge in [-0.15, -0.1) is 0 Å².